The highest BCUT2D eigenvalue weighted by molar-refractivity contribution is 6.06. The highest BCUT2D eigenvalue weighted by atomic mass is 16.2. The Labute approximate surface area is 122 Å². The minimum Gasteiger partial charge on any atom is -0.338 e. The summed E-state index contributed by atoms with van der Waals surface area (Å²) >= 11 is 0. The van der Waals surface area contributed by atoms with E-state index in [1.165, 1.54) is 6.07 Å². The lowest BCUT2D eigenvalue weighted by atomic mass is 9.90. The van der Waals surface area contributed by atoms with E-state index >= 15 is 0 Å². The Bertz CT molecular complexity index is 753. The molecule has 5 nitrogen and oxygen atoms in total. The summed E-state index contributed by atoms with van der Waals surface area (Å²) in [6.45, 7) is 3.99. The van der Waals surface area contributed by atoms with Crippen molar-refractivity contribution < 1.29 is 4.79 Å². The number of fused-ring (bicyclic) bond motifs is 1. The number of para-hydroxylation sites is 1. The van der Waals surface area contributed by atoms with E-state index in [0.29, 0.717) is 30.7 Å². The third kappa shape index (κ3) is 2.45. The van der Waals surface area contributed by atoms with Gasteiger partial charge in [-0.25, -0.2) is 0 Å². The van der Waals surface area contributed by atoms with E-state index in [1.807, 2.05) is 24.3 Å². The summed E-state index contributed by atoms with van der Waals surface area (Å²) < 4.78 is 0. The van der Waals surface area contributed by atoms with Gasteiger partial charge in [-0.2, -0.15) is 0 Å². The molecule has 1 aliphatic heterocycles. The summed E-state index contributed by atoms with van der Waals surface area (Å²) in [6.07, 6.45) is 0.899. The second-order valence-corrected chi connectivity index (χ2v) is 6.08. The number of nitrogens with one attached hydrogen (secondary N) is 1. The van der Waals surface area contributed by atoms with Crippen LogP contribution in [0.3, 0.4) is 0 Å². The minimum absolute atomic E-state index is 0.0212. The molecule has 1 aromatic heterocycles. The molecule has 2 aromatic rings. The Balaban J connectivity index is 2.01. The monoisotopic (exact) mass is 285 g/mol. The third-order valence-electron chi connectivity index (χ3n) is 4.32. The molecule has 0 radical (unpaired) electrons. The summed E-state index contributed by atoms with van der Waals surface area (Å²) in [4.78, 5) is 29.1. The Hall–Kier alpha value is -2.14. The van der Waals surface area contributed by atoms with Gasteiger partial charge < -0.3 is 15.6 Å². The Kier molecular flexibility index (Phi) is 3.29. The molecule has 1 atom stereocenters. The number of carbonyl (C=O) groups excluding carboxylic acids is 1. The van der Waals surface area contributed by atoms with Crippen molar-refractivity contribution in [3.63, 3.8) is 0 Å². The topological polar surface area (TPSA) is 79.2 Å². The number of aromatic amines is 1. The smallest absolute Gasteiger partial charge is 0.254 e. The molecule has 2 heterocycles. The van der Waals surface area contributed by atoms with Crippen molar-refractivity contribution in [2.75, 3.05) is 19.6 Å². The SMILES string of the molecule is CC1(CN)CCN(C(=O)c2cc(=O)[nH]c3ccccc23)C1. The Morgan fingerprint density at radius 2 is 2.19 bits per heavy atom. The standard InChI is InChI=1S/C16H19N3O2/c1-16(9-17)6-7-19(10-16)15(21)12-8-14(20)18-13-5-3-2-4-11(12)13/h2-5,8H,6-7,9-10,17H2,1H3,(H,18,20). The van der Waals surface area contributed by atoms with Gasteiger partial charge >= 0.3 is 0 Å². The number of benzene rings is 1. The lowest BCUT2D eigenvalue weighted by Gasteiger charge is -2.22. The zero-order valence-corrected chi connectivity index (χ0v) is 12.1. The van der Waals surface area contributed by atoms with Crippen molar-refractivity contribution in [2.45, 2.75) is 13.3 Å². The van der Waals surface area contributed by atoms with Crippen LogP contribution in [-0.2, 0) is 0 Å². The van der Waals surface area contributed by atoms with Crippen LogP contribution >= 0.6 is 0 Å². The van der Waals surface area contributed by atoms with Gasteiger partial charge in [0, 0.05) is 30.1 Å². The molecule has 21 heavy (non-hydrogen) atoms. The molecular weight excluding hydrogens is 266 g/mol. The molecule has 0 saturated carbocycles. The maximum atomic E-state index is 12.7. The number of pyridine rings is 1. The van der Waals surface area contributed by atoms with Crippen LogP contribution in [-0.4, -0.2) is 35.4 Å². The number of carbonyl (C=O) groups is 1. The molecule has 1 aliphatic rings. The van der Waals surface area contributed by atoms with Gasteiger partial charge in [0.15, 0.2) is 0 Å². The number of hydrogen-bond donors (Lipinski definition) is 2. The summed E-state index contributed by atoms with van der Waals surface area (Å²) in [7, 11) is 0. The van der Waals surface area contributed by atoms with Crippen LogP contribution in [0.4, 0.5) is 0 Å². The Morgan fingerprint density at radius 3 is 2.90 bits per heavy atom. The predicted octanol–water partition coefficient (Wildman–Crippen LogP) is 1.34. The van der Waals surface area contributed by atoms with E-state index in [4.69, 9.17) is 5.73 Å². The highest BCUT2D eigenvalue weighted by Gasteiger charge is 2.35. The van der Waals surface area contributed by atoms with Gasteiger partial charge in [-0.3, -0.25) is 9.59 Å². The number of hydrogen-bond acceptors (Lipinski definition) is 3. The van der Waals surface area contributed by atoms with Crippen molar-refractivity contribution in [1.82, 2.24) is 9.88 Å². The summed E-state index contributed by atoms with van der Waals surface area (Å²) in [5.74, 6) is -0.0884. The molecule has 1 amide bonds. The van der Waals surface area contributed by atoms with Crippen LogP contribution in [0.5, 0.6) is 0 Å². The first-order chi connectivity index (χ1) is 10.0. The number of nitrogens with two attached hydrogens (primary N) is 1. The van der Waals surface area contributed by atoms with E-state index in [1.54, 1.807) is 4.90 Å². The molecule has 1 unspecified atom stereocenters. The molecule has 0 bridgehead atoms. The van der Waals surface area contributed by atoms with E-state index in [2.05, 4.69) is 11.9 Å². The number of likely N-dealkylation sites (tertiary alicyclic amines) is 1. The molecule has 1 aromatic carbocycles. The molecular formula is C16H19N3O2. The van der Waals surface area contributed by atoms with Crippen LogP contribution in [0, 0.1) is 5.41 Å². The third-order valence-corrected chi connectivity index (χ3v) is 4.32. The highest BCUT2D eigenvalue weighted by Crippen LogP contribution is 2.30. The minimum atomic E-state index is -0.252. The molecule has 1 saturated heterocycles. The quantitative estimate of drug-likeness (QED) is 0.874. The van der Waals surface area contributed by atoms with E-state index in [-0.39, 0.29) is 16.9 Å². The normalized spacial score (nSPS) is 21.9. The first-order valence-corrected chi connectivity index (χ1v) is 7.14. The number of nitrogens with zero attached hydrogens (tertiary/aromatic N) is 1. The number of aromatic nitrogens is 1. The van der Waals surface area contributed by atoms with Gasteiger partial charge in [0.25, 0.3) is 5.91 Å². The second-order valence-electron chi connectivity index (χ2n) is 6.08. The fourth-order valence-corrected chi connectivity index (χ4v) is 2.92. The first-order valence-electron chi connectivity index (χ1n) is 7.14. The van der Waals surface area contributed by atoms with Crippen molar-refractivity contribution in [1.29, 1.82) is 0 Å². The van der Waals surface area contributed by atoms with Crippen molar-refractivity contribution >= 4 is 16.8 Å². The predicted molar refractivity (Wildman–Crippen MR) is 82.3 cm³/mol. The van der Waals surface area contributed by atoms with Crippen molar-refractivity contribution in [3.05, 3.63) is 46.2 Å². The number of H-pyrrole nitrogens is 1. The van der Waals surface area contributed by atoms with Gasteiger partial charge in [-0.15, -0.1) is 0 Å². The lowest BCUT2D eigenvalue weighted by Crippen LogP contribution is -2.35. The van der Waals surface area contributed by atoms with Crippen LogP contribution in [0.2, 0.25) is 0 Å². The van der Waals surface area contributed by atoms with Crippen LogP contribution in [0.25, 0.3) is 10.9 Å². The maximum absolute atomic E-state index is 12.7. The van der Waals surface area contributed by atoms with Gasteiger partial charge in [-0.05, 0) is 24.4 Å². The molecule has 5 heteroatoms. The van der Waals surface area contributed by atoms with E-state index in [0.717, 1.165) is 11.8 Å². The summed E-state index contributed by atoms with van der Waals surface area (Å²) in [5.41, 5.74) is 6.67. The average molecular weight is 285 g/mol. The fourth-order valence-electron chi connectivity index (χ4n) is 2.92. The van der Waals surface area contributed by atoms with Crippen molar-refractivity contribution in [3.8, 4) is 0 Å². The van der Waals surface area contributed by atoms with Gasteiger partial charge in [0.1, 0.15) is 0 Å². The molecule has 1 fully saturated rings. The first kappa shape index (κ1) is 13.8. The van der Waals surface area contributed by atoms with Gasteiger partial charge in [0.2, 0.25) is 5.56 Å². The fraction of sp³-hybridized carbons (Fsp3) is 0.375. The maximum Gasteiger partial charge on any atom is 0.254 e. The summed E-state index contributed by atoms with van der Waals surface area (Å²) in [5, 5.41) is 0.781. The van der Waals surface area contributed by atoms with E-state index < -0.39 is 0 Å². The van der Waals surface area contributed by atoms with E-state index in [9.17, 15) is 9.59 Å². The largest absolute Gasteiger partial charge is 0.338 e. The van der Waals surface area contributed by atoms with Gasteiger partial charge in [-0.1, -0.05) is 25.1 Å². The number of rotatable bonds is 2. The zero-order chi connectivity index (χ0) is 15.0. The second kappa shape index (κ2) is 5.00. The van der Waals surface area contributed by atoms with Gasteiger partial charge in [0.05, 0.1) is 5.56 Å². The summed E-state index contributed by atoms with van der Waals surface area (Å²) in [6, 6.07) is 8.76. The van der Waals surface area contributed by atoms with Crippen molar-refractivity contribution in [2.24, 2.45) is 11.1 Å². The zero-order valence-electron chi connectivity index (χ0n) is 12.1. The molecule has 3 rings (SSSR count). The molecule has 110 valence electrons. The average Bonchev–Trinajstić information content (AvgIpc) is 2.89. The van der Waals surface area contributed by atoms with Crippen LogP contribution < -0.4 is 11.3 Å². The Morgan fingerprint density at radius 1 is 1.43 bits per heavy atom. The molecule has 0 aliphatic carbocycles. The molecule has 3 N–H and O–H groups in total. The van der Waals surface area contributed by atoms with Crippen LogP contribution in [0.15, 0.2) is 35.1 Å². The molecule has 0 spiro atoms. The number of amides is 1. The lowest BCUT2D eigenvalue weighted by molar-refractivity contribution is 0.0778. The van der Waals surface area contributed by atoms with Crippen LogP contribution in [0.1, 0.15) is 23.7 Å².